The van der Waals surface area contributed by atoms with Crippen molar-refractivity contribution < 1.29 is 19.4 Å². The minimum Gasteiger partial charge on any atom is -0.507 e. The van der Waals surface area contributed by atoms with Crippen LogP contribution in [0.2, 0.25) is 5.02 Å². The van der Waals surface area contributed by atoms with Gasteiger partial charge in [-0.05, 0) is 56.9 Å². The van der Waals surface area contributed by atoms with Gasteiger partial charge in [-0.2, -0.15) is 0 Å². The van der Waals surface area contributed by atoms with E-state index in [1.165, 1.54) is 12.0 Å². The van der Waals surface area contributed by atoms with E-state index in [9.17, 15) is 14.7 Å². The minimum absolute atomic E-state index is 0.0698. The maximum atomic E-state index is 13.0. The molecule has 0 spiro atoms. The summed E-state index contributed by atoms with van der Waals surface area (Å²) in [5.41, 5.74) is 1.20. The molecule has 1 N–H and O–H groups in total. The van der Waals surface area contributed by atoms with Crippen LogP contribution in [0.4, 0.5) is 0 Å². The van der Waals surface area contributed by atoms with Gasteiger partial charge in [0.2, 0.25) is 0 Å². The van der Waals surface area contributed by atoms with Crippen LogP contribution in [0, 0.1) is 0 Å². The number of carbonyl (C=O) groups is 2. The van der Waals surface area contributed by atoms with Crippen LogP contribution in [0.5, 0.6) is 5.75 Å². The van der Waals surface area contributed by atoms with E-state index in [1.807, 2.05) is 19.0 Å². The molecule has 1 aliphatic rings. The van der Waals surface area contributed by atoms with Gasteiger partial charge < -0.3 is 19.6 Å². The average Bonchev–Trinajstić information content (AvgIpc) is 2.98. The Bertz CT molecular complexity index is 969. The Balaban J connectivity index is 2.09. The van der Waals surface area contributed by atoms with Crippen molar-refractivity contribution in [2.45, 2.75) is 12.5 Å². The van der Waals surface area contributed by atoms with Crippen molar-refractivity contribution in [1.29, 1.82) is 0 Å². The Hall–Kier alpha value is -2.83. The summed E-state index contributed by atoms with van der Waals surface area (Å²) in [5, 5.41) is 11.6. The number of ketones is 1. The molecule has 2 aromatic carbocycles. The fourth-order valence-corrected chi connectivity index (χ4v) is 3.71. The van der Waals surface area contributed by atoms with Gasteiger partial charge in [-0.15, -0.1) is 0 Å². The predicted molar refractivity (Wildman–Crippen MR) is 117 cm³/mol. The Morgan fingerprint density at radius 2 is 1.87 bits per heavy atom. The second kappa shape index (κ2) is 9.32. The third-order valence-corrected chi connectivity index (χ3v) is 5.33. The Labute approximate surface area is 181 Å². The first-order chi connectivity index (χ1) is 14.3. The van der Waals surface area contributed by atoms with E-state index in [0.717, 1.165) is 6.54 Å². The summed E-state index contributed by atoms with van der Waals surface area (Å²) < 4.78 is 5.22. The lowest BCUT2D eigenvalue weighted by Gasteiger charge is -2.26. The first-order valence-corrected chi connectivity index (χ1v) is 10.0. The monoisotopic (exact) mass is 428 g/mol. The molecular formula is C23H25ClN2O4. The number of hydrogen-bond acceptors (Lipinski definition) is 5. The highest BCUT2D eigenvalue weighted by Gasteiger charge is 2.45. The van der Waals surface area contributed by atoms with Gasteiger partial charge in [0, 0.05) is 17.1 Å². The van der Waals surface area contributed by atoms with Crippen LogP contribution in [0.25, 0.3) is 5.76 Å². The molecule has 0 aromatic heterocycles. The van der Waals surface area contributed by atoms with Crippen molar-refractivity contribution in [2.24, 2.45) is 0 Å². The summed E-state index contributed by atoms with van der Waals surface area (Å²) >= 11 is 6.03. The zero-order valence-electron chi connectivity index (χ0n) is 17.3. The second-order valence-corrected chi connectivity index (χ2v) is 7.87. The Morgan fingerprint density at radius 1 is 1.17 bits per heavy atom. The lowest BCUT2D eigenvalue weighted by atomic mass is 9.95. The number of Topliss-reactive ketones (excluding diaryl/α,β-unsaturated/α-hetero) is 1. The normalized spacial score (nSPS) is 18.3. The molecule has 30 heavy (non-hydrogen) atoms. The maximum absolute atomic E-state index is 13.0. The highest BCUT2D eigenvalue weighted by Crippen LogP contribution is 2.40. The van der Waals surface area contributed by atoms with E-state index < -0.39 is 17.7 Å². The smallest absolute Gasteiger partial charge is 0.295 e. The van der Waals surface area contributed by atoms with E-state index in [1.54, 1.807) is 48.5 Å². The molecule has 2 aromatic rings. The number of likely N-dealkylation sites (tertiary alicyclic amines) is 1. The quantitative estimate of drug-likeness (QED) is 0.413. The third-order valence-electron chi connectivity index (χ3n) is 5.07. The summed E-state index contributed by atoms with van der Waals surface area (Å²) in [4.78, 5) is 29.4. The van der Waals surface area contributed by atoms with Gasteiger partial charge in [-0.1, -0.05) is 35.9 Å². The van der Waals surface area contributed by atoms with Crippen molar-refractivity contribution in [3.8, 4) is 5.75 Å². The Kier molecular flexibility index (Phi) is 6.80. The molecule has 1 aliphatic heterocycles. The number of benzene rings is 2. The summed E-state index contributed by atoms with van der Waals surface area (Å²) in [7, 11) is 5.43. The molecule has 7 heteroatoms. The maximum Gasteiger partial charge on any atom is 0.295 e. The number of hydrogen-bond donors (Lipinski definition) is 1. The van der Waals surface area contributed by atoms with Crippen molar-refractivity contribution in [1.82, 2.24) is 9.80 Å². The number of methoxy groups -OCH3 is 1. The molecule has 1 heterocycles. The second-order valence-electron chi connectivity index (χ2n) is 7.43. The van der Waals surface area contributed by atoms with Gasteiger partial charge >= 0.3 is 0 Å². The van der Waals surface area contributed by atoms with Crippen LogP contribution in [0.1, 0.15) is 23.6 Å². The number of nitrogens with zero attached hydrogens (tertiary/aromatic N) is 2. The standard InChI is InChI=1S/C23H25ClN2O4/c1-25(2)12-5-13-26-20(15-8-10-17(24)11-9-15)19(22(28)23(26)29)21(27)16-6-4-7-18(14-16)30-3/h4,6-11,14,20,27H,5,12-13H2,1-3H3/b21-19+/t20-/m1/s1. The van der Waals surface area contributed by atoms with Gasteiger partial charge in [0.15, 0.2) is 0 Å². The number of carbonyl (C=O) groups excluding carboxylic acids is 2. The molecule has 1 atom stereocenters. The number of rotatable bonds is 7. The molecule has 6 nitrogen and oxygen atoms in total. The van der Waals surface area contributed by atoms with Crippen molar-refractivity contribution >= 4 is 29.1 Å². The molecule has 0 bridgehead atoms. The molecule has 0 radical (unpaired) electrons. The first-order valence-electron chi connectivity index (χ1n) is 9.66. The summed E-state index contributed by atoms with van der Waals surface area (Å²) in [6.45, 7) is 1.16. The molecular weight excluding hydrogens is 404 g/mol. The zero-order valence-corrected chi connectivity index (χ0v) is 18.0. The highest BCUT2D eigenvalue weighted by molar-refractivity contribution is 6.46. The molecule has 1 fully saturated rings. The van der Waals surface area contributed by atoms with Crippen LogP contribution in [-0.2, 0) is 9.59 Å². The van der Waals surface area contributed by atoms with Gasteiger partial charge in [0.05, 0.1) is 18.7 Å². The summed E-state index contributed by atoms with van der Waals surface area (Å²) in [5.74, 6) is -0.983. The number of amides is 1. The van der Waals surface area contributed by atoms with E-state index in [0.29, 0.717) is 34.9 Å². The predicted octanol–water partition coefficient (Wildman–Crippen LogP) is 3.72. The third kappa shape index (κ3) is 4.50. The van der Waals surface area contributed by atoms with Crippen LogP contribution in [-0.4, -0.2) is 60.9 Å². The zero-order chi connectivity index (χ0) is 21.8. The van der Waals surface area contributed by atoms with Gasteiger partial charge in [-0.3, -0.25) is 9.59 Å². The topological polar surface area (TPSA) is 70.1 Å². The molecule has 0 aliphatic carbocycles. The Morgan fingerprint density at radius 3 is 2.50 bits per heavy atom. The van der Waals surface area contributed by atoms with Crippen molar-refractivity contribution in [3.05, 3.63) is 70.3 Å². The van der Waals surface area contributed by atoms with Crippen molar-refractivity contribution in [2.75, 3.05) is 34.3 Å². The highest BCUT2D eigenvalue weighted by atomic mass is 35.5. The molecule has 0 saturated carbocycles. The van der Waals surface area contributed by atoms with Gasteiger partial charge in [0.25, 0.3) is 11.7 Å². The molecule has 1 saturated heterocycles. The van der Waals surface area contributed by atoms with E-state index in [4.69, 9.17) is 16.3 Å². The molecule has 3 rings (SSSR count). The van der Waals surface area contributed by atoms with E-state index in [-0.39, 0.29) is 11.3 Å². The molecule has 1 amide bonds. The number of ether oxygens (including phenoxy) is 1. The number of aliphatic hydroxyl groups excluding tert-OH is 1. The molecule has 0 unspecified atom stereocenters. The first kappa shape index (κ1) is 21.9. The minimum atomic E-state index is -0.694. The number of halogens is 1. The fourth-order valence-electron chi connectivity index (χ4n) is 3.59. The van der Waals surface area contributed by atoms with Crippen LogP contribution in [0.15, 0.2) is 54.1 Å². The SMILES string of the molecule is COc1cccc(/C(O)=C2\C(=O)C(=O)N(CCCN(C)C)[C@@H]2c2ccc(Cl)cc2)c1. The largest absolute Gasteiger partial charge is 0.507 e. The number of aliphatic hydroxyl groups is 1. The summed E-state index contributed by atoms with van der Waals surface area (Å²) in [6, 6.07) is 13.1. The molecule has 158 valence electrons. The fraction of sp³-hybridized carbons (Fsp3) is 0.304. The lowest BCUT2D eigenvalue weighted by molar-refractivity contribution is -0.139. The average molecular weight is 429 g/mol. The van der Waals surface area contributed by atoms with E-state index >= 15 is 0 Å². The lowest BCUT2D eigenvalue weighted by Crippen LogP contribution is -2.32. The van der Waals surface area contributed by atoms with Crippen molar-refractivity contribution in [3.63, 3.8) is 0 Å². The van der Waals surface area contributed by atoms with Gasteiger partial charge in [0.1, 0.15) is 11.5 Å². The van der Waals surface area contributed by atoms with Crippen LogP contribution in [0.3, 0.4) is 0 Å². The van der Waals surface area contributed by atoms with Crippen LogP contribution < -0.4 is 4.74 Å². The van der Waals surface area contributed by atoms with Crippen LogP contribution >= 0.6 is 11.6 Å². The van der Waals surface area contributed by atoms with Gasteiger partial charge in [-0.25, -0.2) is 0 Å². The van der Waals surface area contributed by atoms with E-state index in [2.05, 4.69) is 0 Å². The summed E-state index contributed by atoms with van der Waals surface area (Å²) in [6.07, 6.45) is 0.698.